The van der Waals surface area contributed by atoms with E-state index >= 15 is 0 Å². The molecule has 32 heavy (non-hydrogen) atoms. The average molecular weight is 428 g/mol. The van der Waals surface area contributed by atoms with E-state index in [1.165, 1.54) is 0 Å². The first-order chi connectivity index (χ1) is 15.5. The van der Waals surface area contributed by atoms with Gasteiger partial charge in [0.15, 0.2) is 6.61 Å². The van der Waals surface area contributed by atoms with Crippen molar-refractivity contribution < 1.29 is 28.6 Å². The summed E-state index contributed by atoms with van der Waals surface area (Å²) >= 11 is 0. The lowest BCUT2D eigenvalue weighted by Gasteiger charge is -2.08. The fourth-order valence-corrected chi connectivity index (χ4v) is 2.79. The Morgan fingerprint density at radius 2 is 0.969 bits per heavy atom. The van der Waals surface area contributed by atoms with Crippen LogP contribution in [-0.2, 0) is 19.1 Å². The van der Waals surface area contributed by atoms with Gasteiger partial charge < -0.3 is 14.2 Å². The average Bonchev–Trinajstić information content (AvgIpc) is 2.83. The van der Waals surface area contributed by atoms with Crippen LogP contribution in [0.25, 0.3) is 22.3 Å². The molecule has 0 fully saturated rings. The molecule has 0 saturated heterocycles. The van der Waals surface area contributed by atoms with E-state index in [4.69, 9.17) is 9.47 Å². The van der Waals surface area contributed by atoms with Gasteiger partial charge in [-0.15, -0.1) is 0 Å². The molecule has 0 unspecified atom stereocenters. The molecule has 0 bridgehead atoms. The van der Waals surface area contributed by atoms with Crippen LogP contribution in [0.5, 0.6) is 11.5 Å². The summed E-state index contributed by atoms with van der Waals surface area (Å²) in [7, 11) is 0. The second kappa shape index (κ2) is 10.5. The maximum absolute atomic E-state index is 11.7. The first-order valence-corrected chi connectivity index (χ1v) is 9.63. The monoisotopic (exact) mass is 428 g/mol. The number of benzene rings is 3. The van der Waals surface area contributed by atoms with E-state index in [2.05, 4.69) is 17.9 Å². The molecule has 0 spiro atoms. The molecule has 0 saturated carbocycles. The quantitative estimate of drug-likeness (QED) is 0.293. The van der Waals surface area contributed by atoms with Crippen molar-refractivity contribution in [1.29, 1.82) is 0 Å². The molecule has 0 aliphatic carbocycles. The molecule has 0 atom stereocenters. The molecule has 0 aromatic heterocycles. The van der Waals surface area contributed by atoms with E-state index in [0.29, 0.717) is 11.5 Å². The third-order valence-corrected chi connectivity index (χ3v) is 4.38. The lowest BCUT2D eigenvalue weighted by molar-refractivity contribution is -0.150. The van der Waals surface area contributed by atoms with Crippen molar-refractivity contribution in [2.24, 2.45) is 0 Å². The number of esters is 3. The van der Waals surface area contributed by atoms with Crippen molar-refractivity contribution >= 4 is 17.9 Å². The normalized spacial score (nSPS) is 10.0. The number of hydrogen-bond acceptors (Lipinski definition) is 6. The zero-order valence-electron chi connectivity index (χ0n) is 17.2. The topological polar surface area (TPSA) is 78.9 Å². The molecule has 0 amide bonds. The van der Waals surface area contributed by atoms with Crippen molar-refractivity contribution in [3.8, 4) is 33.8 Å². The highest BCUT2D eigenvalue weighted by molar-refractivity contribution is 5.84. The summed E-state index contributed by atoms with van der Waals surface area (Å²) in [5.41, 5.74) is 3.92. The standard InChI is InChI=1S/C26H20O6/c1-3-24(27)30-17-26(29)32-23-15-11-21(12-16-23)19-7-5-18(6-8-19)20-9-13-22(14-10-20)31-25(28)4-2/h3-16H,1-2,17H2. The van der Waals surface area contributed by atoms with Gasteiger partial charge in [0.1, 0.15) is 11.5 Å². The van der Waals surface area contributed by atoms with Gasteiger partial charge in [0, 0.05) is 12.2 Å². The lowest BCUT2D eigenvalue weighted by atomic mass is 10.0. The third-order valence-electron chi connectivity index (χ3n) is 4.38. The van der Waals surface area contributed by atoms with Crippen LogP contribution >= 0.6 is 0 Å². The SMILES string of the molecule is C=CC(=O)OCC(=O)Oc1ccc(-c2ccc(-c3ccc(OC(=O)C=C)cc3)cc2)cc1. The Morgan fingerprint density at radius 3 is 1.38 bits per heavy atom. The van der Waals surface area contributed by atoms with Gasteiger partial charge in [0.05, 0.1) is 0 Å². The molecular weight excluding hydrogens is 408 g/mol. The fraction of sp³-hybridized carbons (Fsp3) is 0.0385. The van der Waals surface area contributed by atoms with Gasteiger partial charge in [-0.3, -0.25) is 0 Å². The van der Waals surface area contributed by atoms with Gasteiger partial charge in [0.25, 0.3) is 0 Å². The number of rotatable bonds is 8. The smallest absolute Gasteiger partial charge is 0.349 e. The van der Waals surface area contributed by atoms with Gasteiger partial charge in [-0.1, -0.05) is 61.7 Å². The third kappa shape index (κ3) is 6.03. The summed E-state index contributed by atoms with van der Waals surface area (Å²) in [6.07, 6.45) is 2.09. The second-order valence-electron chi connectivity index (χ2n) is 6.54. The Labute approximate surface area is 185 Å². The highest BCUT2D eigenvalue weighted by atomic mass is 16.6. The highest BCUT2D eigenvalue weighted by Crippen LogP contribution is 2.27. The Hall–Kier alpha value is -4.45. The van der Waals surface area contributed by atoms with Gasteiger partial charge in [-0.25, -0.2) is 14.4 Å². The molecular formula is C26H20O6. The molecule has 0 aliphatic rings. The van der Waals surface area contributed by atoms with Gasteiger partial charge in [0.2, 0.25) is 0 Å². The number of ether oxygens (including phenoxy) is 3. The molecule has 3 aromatic rings. The van der Waals surface area contributed by atoms with Crippen molar-refractivity contribution in [3.05, 3.63) is 98.1 Å². The van der Waals surface area contributed by atoms with E-state index < -0.39 is 24.5 Å². The van der Waals surface area contributed by atoms with Crippen LogP contribution in [0.3, 0.4) is 0 Å². The molecule has 0 aliphatic heterocycles. The Bertz CT molecular complexity index is 1130. The summed E-state index contributed by atoms with van der Waals surface area (Å²) in [6.45, 7) is 6.15. The number of hydrogen-bond donors (Lipinski definition) is 0. The van der Waals surface area contributed by atoms with Crippen LogP contribution in [0.4, 0.5) is 0 Å². The van der Waals surface area contributed by atoms with Crippen LogP contribution in [0.15, 0.2) is 98.1 Å². The van der Waals surface area contributed by atoms with Gasteiger partial charge >= 0.3 is 17.9 Å². The van der Waals surface area contributed by atoms with Crippen molar-refractivity contribution in [1.82, 2.24) is 0 Å². The van der Waals surface area contributed by atoms with Gasteiger partial charge in [-0.2, -0.15) is 0 Å². The fourth-order valence-electron chi connectivity index (χ4n) is 2.79. The minimum Gasteiger partial charge on any atom is -0.451 e. The number of carbonyl (C=O) groups is 3. The molecule has 6 heteroatoms. The van der Waals surface area contributed by atoms with Crippen LogP contribution in [0.1, 0.15) is 0 Å². The predicted octanol–water partition coefficient (Wildman–Crippen LogP) is 4.75. The maximum atomic E-state index is 11.7. The van der Waals surface area contributed by atoms with E-state index in [1.54, 1.807) is 24.3 Å². The van der Waals surface area contributed by atoms with E-state index in [-0.39, 0.29) is 0 Å². The second-order valence-corrected chi connectivity index (χ2v) is 6.54. The molecule has 0 N–H and O–H groups in total. The predicted molar refractivity (Wildman–Crippen MR) is 120 cm³/mol. The first kappa shape index (κ1) is 22.2. The summed E-state index contributed by atoms with van der Waals surface area (Å²) in [5, 5.41) is 0. The molecule has 6 nitrogen and oxygen atoms in total. The summed E-state index contributed by atoms with van der Waals surface area (Å²) < 4.78 is 14.8. The summed E-state index contributed by atoms with van der Waals surface area (Å²) in [6, 6.07) is 22.1. The van der Waals surface area contributed by atoms with E-state index in [9.17, 15) is 14.4 Å². The van der Waals surface area contributed by atoms with Crippen molar-refractivity contribution in [2.75, 3.05) is 6.61 Å². The van der Waals surface area contributed by atoms with Crippen LogP contribution < -0.4 is 9.47 Å². The summed E-state index contributed by atoms with van der Waals surface area (Å²) in [5.74, 6) is -1.06. The molecule has 3 aromatic carbocycles. The maximum Gasteiger partial charge on any atom is 0.349 e. The molecule has 0 radical (unpaired) electrons. The largest absolute Gasteiger partial charge is 0.451 e. The Balaban J connectivity index is 1.62. The lowest BCUT2D eigenvalue weighted by Crippen LogP contribution is -2.17. The molecule has 3 rings (SSSR count). The van der Waals surface area contributed by atoms with Crippen molar-refractivity contribution in [3.63, 3.8) is 0 Å². The summed E-state index contributed by atoms with van der Waals surface area (Å²) in [4.78, 5) is 33.9. The molecule has 160 valence electrons. The van der Waals surface area contributed by atoms with Crippen LogP contribution in [0.2, 0.25) is 0 Å². The molecule has 0 heterocycles. The number of carbonyl (C=O) groups excluding carboxylic acids is 3. The zero-order valence-corrected chi connectivity index (χ0v) is 17.2. The minimum absolute atomic E-state index is 0.349. The van der Waals surface area contributed by atoms with Crippen LogP contribution in [0, 0.1) is 0 Å². The zero-order chi connectivity index (χ0) is 22.9. The Morgan fingerprint density at radius 1 is 0.594 bits per heavy atom. The van der Waals surface area contributed by atoms with E-state index in [0.717, 1.165) is 34.4 Å². The minimum atomic E-state index is -0.687. The Kier molecular flexibility index (Phi) is 7.33. The van der Waals surface area contributed by atoms with E-state index in [1.807, 2.05) is 48.5 Å². The first-order valence-electron chi connectivity index (χ1n) is 9.63. The van der Waals surface area contributed by atoms with Crippen LogP contribution in [-0.4, -0.2) is 24.5 Å². The van der Waals surface area contributed by atoms with Gasteiger partial charge in [-0.05, 0) is 46.5 Å². The highest BCUT2D eigenvalue weighted by Gasteiger charge is 2.08. The van der Waals surface area contributed by atoms with Crippen molar-refractivity contribution in [2.45, 2.75) is 0 Å².